The third kappa shape index (κ3) is 2.71. The molecule has 3 amide bonds. The van der Waals surface area contributed by atoms with E-state index in [9.17, 15) is 9.59 Å². The van der Waals surface area contributed by atoms with Gasteiger partial charge in [-0.3, -0.25) is 15.0 Å². The Morgan fingerprint density at radius 2 is 2.05 bits per heavy atom. The van der Waals surface area contributed by atoms with Gasteiger partial charge in [0.25, 0.3) is 0 Å². The molecule has 0 saturated heterocycles. The van der Waals surface area contributed by atoms with Gasteiger partial charge in [-0.1, -0.05) is 22.0 Å². The highest BCUT2D eigenvalue weighted by molar-refractivity contribution is 9.10. The van der Waals surface area contributed by atoms with Crippen molar-refractivity contribution in [1.82, 2.24) is 10.3 Å². The first kappa shape index (κ1) is 14.3. The largest absolute Gasteiger partial charge is 0.443 e. The van der Waals surface area contributed by atoms with Gasteiger partial charge in [0.05, 0.1) is 11.4 Å². The number of fused-ring (bicyclic) bond motifs is 1. The molecule has 0 aliphatic heterocycles. The maximum atomic E-state index is 12.3. The predicted molar refractivity (Wildman–Crippen MR) is 84.9 cm³/mol. The minimum atomic E-state index is -0.559. The summed E-state index contributed by atoms with van der Waals surface area (Å²) in [6, 6.07) is 11.8. The monoisotopic (exact) mass is 359 g/mol. The SMILES string of the molecule is O=CNC(=O)N(c1cccc(Br)c1)c1ccc2ocnc2c1. The first-order valence-electron chi connectivity index (χ1n) is 6.32. The maximum absolute atomic E-state index is 12.3. The standard InChI is InChI=1S/C15H10BrN3O3/c16-10-2-1-3-11(6-10)19(15(21)17-8-20)12-4-5-14-13(7-12)18-9-22-14/h1-9H,(H,17,20,21). The van der Waals surface area contributed by atoms with Gasteiger partial charge in [-0.05, 0) is 36.4 Å². The van der Waals surface area contributed by atoms with Gasteiger partial charge >= 0.3 is 6.03 Å². The minimum absolute atomic E-state index is 0.349. The number of carbonyl (C=O) groups is 2. The highest BCUT2D eigenvalue weighted by atomic mass is 79.9. The maximum Gasteiger partial charge on any atom is 0.332 e. The summed E-state index contributed by atoms with van der Waals surface area (Å²) in [5.74, 6) is 0. The van der Waals surface area contributed by atoms with Crippen molar-refractivity contribution in [2.75, 3.05) is 4.90 Å². The number of nitrogens with one attached hydrogen (secondary N) is 1. The summed E-state index contributed by atoms with van der Waals surface area (Å²) in [5, 5.41) is 2.15. The normalized spacial score (nSPS) is 10.4. The zero-order chi connectivity index (χ0) is 15.5. The van der Waals surface area contributed by atoms with E-state index >= 15 is 0 Å². The minimum Gasteiger partial charge on any atom is -0.443 e. The molecule has 0 radical (unpaired) electrons. The van der Waals surface area contributed by atoms with E-state index in [2.05, 4.69) is 26.2 Å². The fourth-order valence-corrected chi connectivity index (χ4v) is 2.49. The van der Waals surface area contributed by atoms with E-state index in [1.54, 1.807) is 36.4 Å². The Morgan fingerprint density at radius 3 is 2.82 bits per heavy atom. The molecule has 0 spiro atoms. The zero-order valence-electron chi connectivity index (χ0n) is 11.2. The van der Waals surface area contributed by atoms with E-state index < -0.39 is 6.03 Å². The van der Waals surface area contributed by atoms with Crippen LogP contribution >= 0.6 is 15.9 Å². The van der Waals surface area contributed by atoms with Crippen LogP contribution in [0.1, 0.15) is 0 Å². The van der Waals surface area contributed by atoms with Crippen LogP contribution in [0.2, 0.25) is 0 Å². The average Bonchev–Trinajstić information content (AvgIpc) is 2.95. The molecule has 0 fully saturated rings. The van der Waals surface area contributed by atoms with Crippen molar-refractivity contribution in [2.45, 2.75) is 0 Å². The summed E-state index contributed by atoms with van der Waals surface area (Å²) in [5.41, 5.74) is 2.42. The number of aromatic nitrogens is 1. The van der Waals surface area contributed by atoms with E-state index in [4.69, 9.17) is 4.42 Å². The lowest BCUT2D eigenvalue weighted by atomic mass is 10.2. The number of carbonyl (C=O) groups excluding carboxylic acids is 2. The number of halogens is 1. The number of hydrogen-bond donors (Lipinski definition) is 1. The number of anilines is 2. The second-order valence-electron chi connectivity index (χ2n) is 4.39. The van der Waals surface area contributed by atoms with Gasteiger partial charge in [0.1, 0.15) is 5.52 Å². The highest BCUT2D eigenvalue weighted by Crippen LogP contribution is 2.30. The van der Waals surface area contributed by atoms with Crippen LogP contribution in [0.15, 0.2) is 57.7 Å². The van der Waals surface area contributed by atoms with Crippen LogP contribution in [0.5, 0.6) is 0 Å². The molecule has 0 atom stereocenters. The van der Waals surface area contributed by atoms with Crippen molar-refractivity contribution >= 4 is 50.8 Å². The molecule has 0 unspecified atom stereocenters. The van der Waals surface area contributed by atoms with Gasteiger partial charge in [-0.15, -0.1) is 0 Å². The third-order valence-electron chi connectivity index (χ3n) is 3.02. The van der Waals surface area contributed by atoms with Crippen LogP contribution in [0, 0.1) is 0 Å². The first-order chi connectivity index (χ1) is 10.7. The zero-order valence-corrected chi connectivity index (χ0v) is 12.8. The molecule has 0 aliphatic rings. The van der Waals surface area contributed by atoms with Crippen LogP contribution in [0.3, 0.4) is 0 Å². The molecule has 110 valence electrons. The Balaban J connectivity index is 2.11. The highest BCUT2D eigenvalue weighted by Gasteiger charge is 2.18. The van der Waals surface area contributed by atoms with E-state index in [-0.39, 0.29) is 0 Å². The van der Waals surface area contributed by atoms with Gasteiger partial charge < -0.3 is 4.42 Å². The second-order valence-corrected chi connectivity index (χ2v) is 5.30. The third-order valence-corrected chi connectivity index (χ3v) is 3.52. The lowest BCUT2D eigenvalue weighted by molar-refractivity contribution is -0.108. The van der Waals surface area contributed by atoms with Crippen molar-refractivity contribution < 1.29 is 14.0 Å². The smallest absolute Gasteiger partial charge is 0.332 e. The lowest BCUT2D eigenvalue weighted by Gasteiger charge is -2.22. The summed E-state index contributed by atoms with van der Waals surface area (Å²) in [7, 11) is 0. The molecule has 22 heavy (non-hydrogen) atoms. The second kappa shape index (κ2) is 5.98. The molecule has 1 aromatic heterocycles. The van der Waals surface area contributed by atoms with Crippen molar-refractivity contribution in [2.24, 2.45) is 0 Å². The van der Waals surface area contributed by atoms with E-state index in [1.807, 2.05) is 6.07 Å². The molecule has 6 nitrogen and oxygen atoms in total. The summed E-state index contributed by atoms with van der Waals surface area (Å²) < 4.78 is 6.01. The molecule has 1 N–H and O–H groups in total. The number of nitrogens with zero attached hydrogens (tertiary/aromatic N) is 2. The Labute approximate surface area is 133 Å². The van der Waals surface area contributed by atoms with Crippen LogP contribution in [-0.2, 0) is 4.79 Å². The van der Waals surface area contributed by atoms with Gasteiger partial charge in [0.15, 0.2) is 12.0 Å². The number of rotatable bonds is 3. The van der Waals surface area contributed by atoms with E-state index in [0.717, 1.165) is 4.47 Å². The van der Waals surface area contributed by atoms with Gasteiger partial charge in [0, 0.05) is 4.47 Å². The van der Waals surface area contributed by atoms with Gasteiger partial charge in [0.2, 0.25) is 6.41 Å². The van der Waals surface area contributed by atoms with Crippen molar-refractivity contribution in [3.05, 3.63) is 53.3 Å². The van der Waals surface area contributed by atoms with Gasteiger partial charge in [-0.25, -0.2) is 9.78 Å². The van der Waals surface area contributed by atoms with E-state index in [1.165, 1.54) is 11.3 Å². The Hall–Kier alpha value is -2.67. The van der Waals surface area contributed by atoms with Crippen molar-refractivity contribution in [3.8, 4) is 0 Å². The number of benzene rings is 2. The Bertz CT molecular complexity index is 847. The molecule has 3 aromatic rings. The van der Waals surface area contributed by atoms with Crippen LogP contribution in [0.25, 0.3) is 11.1 Å². The fraction of sp³-hybridized carbons (Fsp3) is 0. The number of oxazole rings is 1. The van der Waals surface area contributed by atoms with Crippen LogP contribution in [-0.4, -0.2) is 17.4 Å². The molecule has 7 heteroatoms. The Morgan fingerprint density at radius 1 is 1.23 bits per heavy atom. The molecule has 0 saturated carbocycles. The number of urea groups is 1. The summed E-state index contributed by atoms with van der Waals surface area (Å²) in [6.07, 6.45) is 1.69. The first-order valence-corrected chi connectivity index (χ1v) is 7.11. The average molecular weight is 360 g/mol. The quantitative estimate of drug-likeness (QED) is 0.725. The molecule has 1 heterocycles. The number of amides is 3. The predicted octanol–water partition coefficient (Wildman–Crippen LogP) is 3.59. The van der Waals surface area contributed by atoms with Gasteiger partial charge in [-0.2, -0.15) is 0 Å². The summed E-state index contributed by atoms with van der Waals surface area (Å²) in [4.78, 5) is 28.3. The molecule has 3 rings (SSSR count). The number of hydrogen-bond acceptors (Lipinski definition) is 4. The number of imide groups is 1. The molecular formula is C15H10BrN3O3. The summed E-state index contributed by atoms with van der Waals surface area (Å²) >= 11 is 3.37. The van der Waals surface area contributed by atoms with Crippen LogP contribution in [0.4, 0.5) is 16.2 Å². The van der Waals surface area contributed by atoms with Crippen molar-refractivity contribution in [3.63, 3.8) is 0 Å². The molecule has 0 aliphatic carbocycles. The van der Waals surface area contributed by atoms with E-state index in [0.29, 0.717) is 28.9 Å². The Kier molecular flexibility index (Phi) is 3.88. The molecule has 2 aromatic carbocycles. The summed E-state index contributed by atoms with van der Waals surface area (Å²) in [6.45, 7) is 0. The topological polar surface area (TPSA) is 75.4 Å². The lowest BCUT2D eigenvalue weighted by Crippen LogP contribution is -2.36. The molecular weight excluding hydrogens is 350 g/mol. The van der Waals surface area contributed by atoms with Crippen molar-refractivity contribution in [1.29, 1.82) is 0 Å². The fourth-order valence-electron chi connectivity index (χ4n) is 2.10. The van der Waals surface area contributed by atoms with Crippen LogP contribution < -0.4 is 10.2 Å². The molecule has 0 bridgehead atoms.